The van der Waals surface area contributed by atoms with E-state index >= 15 is 0 Å². The summed E-state index contributed by atoms with van der Waals surface area (Å²) in [6.45, 7) is 0. The number of amides is 1. The van der Waals surface area contributed by atoms with Crippen molar-refractivity contribution in [3.63, 3.8) is 0 Å². The third kappa shape index (κ3) is 4.17. The molecule has 7 nitrogen and oxygen atoms in total. The van der Waals surface area contributed by atoms with Gasteiger partial charge in [-0.1, -0.05) is 23.7 Å². The number of nitro groups is 1. The first-order valence-corrected chi connectivity index (χ1v) is 7.01. The van der Waals surface area contributed by atoms with Crippen molar-refractivity contribution in [3.8, 4) is 0 Å². The number of carbonyl (C=O) groups excluding carboxylic acids is 1. The maximum absolute atomic E-state index is 12.1. The number of carboxylic acids is 1. The molecule has 0 aliphatic rings. The molecule has 0 spiro atoms. The third-order valence-corrected chi connectivity index (χ3v) is 3.34. The lowest BCUT2D eigenvalue weighted by molar-refractivity contribution is -0.384. The Bertz CT molecular complexity index is 831. The highest BCUT2D eigenvalue weighted by Gasteiger charge is 2.15. The number of halogens is 1. The van der Waals surface area contributed by atoms with Crippen LogP contribution in [-0.4, -0.2) is 21.9 Å². The van der Waals surface area contributed by atoms with Gasteiger partial charge in [-0.3, -0.25) is 14.9 Å². The van der Waals surface area contributed by atoms with Gasteiger partial charge in [-0.25, -0.2) is 4.79 Å². The van der Waals surface area contributed by atoms with Gasteiger partial charge < -0.3 is 10.4 Å². The molecule has 0 saturated heterocycles. The van der Waals surface area contributed by atoms with Crippen LogP contribution >= 0.6 is 11.6 Å². The van der Waals surface area contributed by atoms with Gasteiger partial charge in [0.25, 0.3) is 11.6 Å². The second-order valence-electron chi connectivity index (χ2n) is 4.65. The van der Waals surface area contributed by atoms with Crippen molar-refractivity contribution < 1.29 is 19.6 Å². The monoisotopic (exact) mass is 346 g/mol. The van der Waals surface area contributed by atoms with Crippen molar-refractivity contribution >= 4 is 35.2 Å². The highest BCUT2D eigenvalue weighted by molar-refractivity contribution is 6.34. The molecule has 122 valence electrons. The van der Waals surface area contributed by atoms with Crippen molar-refractivity contribution in [1.29, 1.82) is 0 Å². The number of rotatable bonds is 5. The Morgan fingerprint density at radius 2 is 1.75 bits per heavy atom. The number of non-ortho nitro benzene ring substituents is 1. The van der Waals surface area contributed by atoms with E-state index in [0.717, 1.165) is 0 Å². The van der Waals surface area contributed by atoms with Crippen LogP contribution in [-0.2, 0) is 4.79 Å². The molecule has 2 rings (SSSR count). The number of nitrogens with one attached hydrogen (secondary N) is 1. The summed E-state index contributed by atoms with van der Waals surface area (Å²) in [6.07, 6.45) is 1.20. The van der Waals surface area contributed by atoms with Crippen LogP contribution in [0.4, 0.5) is 5.69 Å². The Morgan fingerprint density at radius 1 is 1.12 bits per heavy atom. The first-order chi connectivity index (χ1) is 11.4. The van der Waals surface area contributed by atoms with Crippen LogP contribution in [0.5, 0.6) is 0 Å². The highest BCUT2D eigenvalue weighted by atomic mass is 35.5. The molecule has 0 aliphatic carbocycles. The molecule has 0 aliphatic heterocycles. The molecule has 0 aromatic heterocycles. The van der Waals surface area contributed by atoms with Gasteiger partial charge in [-0.15, -0.1) is 0 Å². The summed E-state index contributed by atoms with van der Waals surface area (Å²) in [7, 11) is 0. The molecule has 24 heavy (non-hydrogen) atoms. The molecule has 0 bridgehead atoms. The molecule has 1 amide bonds. The van der Waals surface area contributed by atoms with E-state index in [0.29, 0.717) is 5.56 Å². The number of carbonyl (C=O) groups is 2. The molecular weight excluding hydrogens is 336 g/mol. The Hall–Kier alpha value is -3.19. The average Bonchev–Trinajstić information content (AvgIpc) is 2.54. The molecule has 2 aromatic carbocycles. The summed E-state index contributed by atoms with van der Waals surface area (Å²) in [6, 6.07) is 11.4. The topological polar surface area (TPSA) is 110 Å². The second-order valence-corrected chi connectivity index (χ2v) is 5.05. The SMILES string of the molecule is O=C(O)/C(=C/c1ccc([N+](=O)[O-])cc1)NC(=O)c1ccccc1Cl. The van der Waals surface area contributed by atoms with Crippen LogP contribution in [0.3, 0.4) is 0 Å². The van der Waals surface area contributed by atoms with Gasteiger partial charge in [0.1, 0.15) is 5.70 Å². The summed E-state index contributed by atoms with van der Waals surface area (Å²) in [5, 5.41) is 22.3. The molecule has 0 atom stereocenters. The fourth-order valence-corrected chi connectivity index (χ4v) is 2.07. The zero-order valence-corrected chi connectivity index (χ0v) is 12.9. The lowest BCUT2D eigenvalue weighted by Crippen LogP contribution is -2.27. The van der Waals surface area contributed by atoms with E-state index in [1.165, 1.54) is 42.5 Å². The number of hydrogen-bond acceptors (Lipinski definition) is 4. The van der Waals surface area contributed by atoms with Crippen molar-refractivity contribution in [2.24, 2.45) is 0 Å². The van der Waals surface area contributed by atoms with E-state index in [1.807, 2.05) is 0 Å². The molecule has 8 heteroatoms. The summed E-state index contributed by atoms with van der Waals surface area (Å²) < 4.78 is 0. The van der Waals surface area contributed by atoms with Crippen molar-refractivity contribution in [3.05, 3.63) is 80.5 Å². The zero-order chi connectivity index (χ0) is 17.7. The number of carboxylic acid groups (broad SMARTS) is 1. The third-order valence-electron chi connectivity index (χ3n) is 3.01. The molecule has 0 unspecified atom stereocenters. The normalized spacial score (nSPS) is 11.0. The Labute approximate surface area is 141 Å². The van der Waals surface area contributed by atoms with Gasteiger partial charge in [-0.2, -0.15) is 0 Å². The van der Waals surface area contributed by atoms with Gasteiger partial charge in [0.05, 0.1) is 15.5 Å². The molecule has 0 fully saturated rings. The van der Waals surface area contributed by atoms with Crippen LogP contribution in [0, 0.1) is 10.1 Å². The van der Waals surface area contributed by atoms with Gasteiger partial charge in [0.2, 0.25) is 0 Å². The van der Waals surface area contributed by atoms with Crippen molar-refractivity contribution in [2.75, 3.05) is 0 Å². The van der Waals surface area contributed by atoms with Crippen molar-refractivity contribution in [1.82, 2.24) is 5.32 Å². The Balaban J connectivity index is 2.26. The number of aliphatic carboxylic acids is 1. The predicted octanol–water partition coefficient (Wildman–Crippen LogP) is 3.10. The van der Waals surface area contributed by atoms with E-state index in [1.54, 1.807) is 12.1 Å². The summed E-state index contributed by atoms with van der Waals surface area (Å²) in [5.74, 6) is -2.02. The quantitative estimate of drug-likeness (QED) is 0.491. The number of hydrogen-bond donors (Lipinski definition) is 2. The molecule has 2 aromatic rings. The molecule has 0 heterocycles. The first-order valence-electron chi connectivity index (χ1n) is 6.64. The molecular formula is C16H11ClN2O5. The van der Waals surface area contributed by atoms with E-state index in [2.05, 4.69) is 5.32 Å². The minimum absolute atomic E-state index is 0.121. The first kappa shape index (κ1) is 17.2. The van der Waals surface area contributed by atoms with Gasteiger partial charge in [-0.05, 0) is 35.9 Å². The van der Waals surface area contributed by atoms with E-state index < -0.39 is 16.8 Å². The van der Waals surface area contributed by atoms with Crippen LogP contribution in [0.2, 0.25) is 5.02 Å². The van der Waals surface area contributed by atoms with Crippen molar-refractivity contribution in [2.45, 2.75) is 0 Å². The predicted molar refractivity (Wildman–Crippen MR) is 87.6 cm³/mol. The second kappa shape index (κ2) is 7.38. The fraction of sp³-hybridized carbons (Fsp3) is 0. The van der Waals surface area contributed by atoms with Crippen LogP contribution in [0.15, 0.2) is 54.2 Å². The number of nitrogens with zero attached hydrogens (tertiary/aromatic N) is 1. The van der Waals surface area contributed by atoms with E-state index in [-0.39, 0.29) is 22.0 Å². The summed E-state index contributed by atoms with van der Waals surface area (Å²) in [5.41, 5.74) is 0.0189. The lowest BCUT2D eigenvalue weighted by Gasteiger charge is -2.07. The fourth-order valence-electron chi connectivity index (χ4n) is 1.85. The Morgan fingerprint density at radius 3 is 2.29 bits per heavy atom. The molecule has 0 radical (unpaired) electrons. The van der Waals surface area contributed by atoms with Gasteiger partial charge >= 0.3 is 5.97 Å². The maximum Gasteiger partial charge on any atom is 0.352 e. The lowest BCUT2D eigenvalue weighted by atomic mass is 10.1. The zero-order valence-electron chi connectivity index (χ0n) is 12.1. The highest BCUT2D eigenvalue weighted by Crippen LogP contribution is 2.16. The van der Waals surface area contributed by atoms with Crippen LogP contribution < -0.4 is 5.32 Å². The molecule has 0 saturated carbocycles. The summed E-state index contributed by atoms with van der Waals surface area (Å²) in [4.78, 5) is 33.5. The standard InChI is InChI=1S/C16H11ClN2O5/c17-13-4-2-1-3-12(13)15(20)18-14(16(21)22)9-10-5-7-11(8-6-10)19(23)24/h1-9H,(H,18,20)(H,21,22)/b14-9-. The van der Waals surface area contributed by atoms with Crippen LogP contribution in [0.1, 0.15) is 15.9 Å². The Kier molecular flexibility index (Phi) is 5.28. The van der Waals surface area contributed by atoms with Crippen LogP contribution in [0.25, 0.3) is 6.08 Å². The largest absolute Gasteiger partial charge is 0.477 e. The number of nitro benzene ring substituents is 1. The van der Waals surface area contributed by atoms with Gasteiger partial charge in [0, 0.05) is 12.1 Å². The maximum atomic E-state index is 12.1. The smallest absolute Gasteiger partial charge is 0.352 e. The number of benzene rings is 2. The van der Waals surface area contributed by atoms with Gasteiger partial charge in [0.15, 0.2) is 0 Å². The van der Waals surface area contributed by atoms with E-state index in [4.69, 9.17) is 11.6 Å². The van der Waals surface area contributed by atoms with E-state index in [9.17, 15) is 24.8 Å². The minimum Gasteiger partial charge on any atom is -0.477 e. The summed E-state index contributed by atoms with van der Waals surface area (Å²) >= 11 is 5.90. The molecule has 2 N–H and O–H groups in total. The average molecular weight is 347 g/mol. The minimum atomic E-state index is -1.35.